The number of hydrogen-bond donors (Lipinski definition) is 0. The van der Waals surface area contributed by atoms with Gasteiger partial charge in [0.25, 0.3) is 0 Å². The van der Waals surface area contributed by atoms with Gasteiger partial charge in [0.15, 0.2) is 0 Å². The van der Waals surface area contributed by atoms with E-state index in [1.165, 1.54) is 14.6 Å². The largest absolute Gasteiger partial charge is 0.349 e. The van der Waals surface area contributed by atoms with Crippen LogP contribution in [-0.4, -0.2) is 50.7 Å². The van der Waals surface area contributed by atoms with Crippen LogP contribution in [0, 0.1) is 12.8 Å². The van der Waals surface area contributed by atoms with E-state index in [4.69, 9.17) is 0 Å². The molecule has 0 radical (unpaired) electrons. The van der Waals surface area contributed by atoms with Crippen molar-refractivity contribution >= 4 is 22.0 Å². The zero-order valence-electron chi connectivity index (χ0n) is 13.9. The second-order valence-corrected chi connectivity index (χ2v) is 8.01. The first-order chi connectivity index (χ1) is 10.8. The van der Waals surface area contributed by atoms with Gasteiger partial charge in [0.2, 0.25) is 15.9 Å². The van der Waals surface area contributed by atoms with E-state index in [1.807, 2.05) is 31.2 Å². The zero-order chi connectivity index (χ0) is 17.0. The van der Waals surface area contributed by atoms with Crippen molar-refractivity contribution in [2.24, 2.45) is 5.92 Å². The molecule has 5 nitrogen and oxygen atoms in total. The molecule has 0 aliphatic carbocycles. The first-order valence-corrected chi connectivity index (χ1v) is 9.26. The third-order valence-corrected chi connectivity index (χ3v) is 5.58. The minimum Gasteiger partial charge on any atom is -0.349 e. The van der Waals surface area contributed by atoms with E-state index in [1.54, 1.807) is 20.2 Å². The zero-order valence-corrected chi connectivity index (χ0v) is 14.7. The first-order valence-electron chi connectivity index (χ1n) is 7.75. The van der Waals surface area contributed by atoms with Crippen LogP contribution in [0.1, 0.15) is 24.0 Å². The van der Waals surface area contributed by atoms with Crippen molar-refractivity contribution in [2.75, 3.05) is 27.2 Å². The van der Waals surface area contributed by atoms with Crippen LogP contribution in [-0.2, 0) is 14.8 Å². The number of sulfonamides is 1. The Morgan fingerprint density at radius 1 is 1.26 bits per heavy atom. The molecule has 1 saturated heterocycles. The van der Waals surface area contributed by atoms with Gasteiger partial charge in [-0.05, 0) is 31.4 Å². The molecule has 1 aliphatic rings. The summed E-state index contributed by atoms with van der Waals surface area (Å²) in [6.45, 7) is 2.72. The van der Waals surface area contributed by atoms with Gasteiger partial charge >= 0.3 is 0 Å². The molecule has 0 unspecified atom stereocenters. The van der Waals surface area contributed by atoms with Crippen LogP contribution in [0.5, 0.6) is 0 Å². The van der Waals surface area contributed by atoms with Crippen molar-refractivity contribution in [3.63, 3.8) is 0 Å². The number of hydrogen-bond acceptors (Lipinski definition) is 3. The van der Waals surface area contributed by atoms with E-state index in [-0.39, 0.29) is 18.4 Å². The molecule has 1 heterocycles. The molecule has 0 saturated carbocycles. The third-order valence-electron chi connectivity index (χ3n) is 4.04. The van der Waals surface area contributed by atoms with Gasteiger partial charge in [-0.3, -0.25) is 4.79 Å². The van der Waals surface area contributed by atoms with Crippen LogP contribution in [0.2, 0.25) is 0 Å². The SMILES string of the molecule is Cc1ccc(/C=C/S(=O)(=O)N2CCC[C@H](C(=O)N(C)C)C2)cc1. The molecule has 6 heteroatoms. The molecule has 1 aromatic carbocycles. The lowest BCUT2D eigenvalue weighted by Crippen LogP contribution is -2.44. The van der Waals surface area contributed by atoms with E-state index in [0.717, 1.165) is 17.5 Å². The fourth-order valence-corrected chi connectivity index (χ4v) is 3.94. The highest BCUT2D eigenvalue weighted by Crippen LogP contribution is 2.21. The lowest BCUT2D eigenvalue weighted by Gasteiger charge is -2.31. The highest BCUT2D eigenvalue weighted by molar-refractivity contribution is 7.92. The number of aryl methyl sites for hydroxylation is 1. The summed E-state index contributed by atoms with van der Waals surface area (Å²) in [6, 6.07) is 7.66. The molecule has 1 atom stereocenters. The summed E-state index contributed by atoms with van der Waals surface area (Å²) >= 11 is 0. The van der Waals surface area contributed by atoms with Crippen molar-refractivity contribution in [1.82, 2.24) is 9.21 Å². The minimum atomic E-state index is -3.50. The third kappa shape index (κ3) is 4.65. The normalized spacial score (nSPS) is 19.9. The van der Waals surface area contributed by atoms with Crippen LogP contribution in [0.4, 0.5) is 0 Å². The summed E-state index contributed by atoms with van der Waals surface area (Å²) in [5.41, 5.74) is 1.98. The Hall–Kier alpha value is -1.66. The van der Waals surface area contributed by atoms with Gasteiger partial charge in [-0.1, -0.05) is 29.8 Å². The number of benzene rings is 1. The van der Waals surface area contributed by atoms with Crippen molar-refractivity contribution in [2.45, 2.75) is 19.8 Å². The maximum Gasteiger partial charge on any atom is 0.236 e. The lowest BCUT2D eigenvalue weighted by molar-refractivity contribution is -0.134. The molecule has 1 aromatic rings. The molecule has 2 rings (SSSR count). The molecule has 126 valence electrons. The first kappa shape index (κ1) is 17.7. The maximum absolute atomic E-state index is 12.5. The number of amides is 1. The van der Waals surface area contributed by atoms with Gasteiger partial charge in [0.1, 0.15) is 0 Å². The summed E-state index contributed by atoms with van der Waals surface area (Å²) in [7, 11) is -0.0988. The molecule has 1 amide bonds. The summed E-state index contributed by atoms with van der Waals surface area (Å²) in [5, 5.41) is 1.24. The van der Waals surface area contributed by atoms with Crippen LogP contribution in [0.3, 0.4) is 0 Å². The van der Waals surface area contributed by atoms with Crippen LogP contribution in [0.15, 0.2) is 29.7 Å². The number of rotatable bonds is 4. The van der Waals surface area contributed by atoms with Crippen LogP contribution < -0.4 is 0 Å². The fourth-order valence-electron chi connectivity index (χ4n) is 2.67. The van der Waals surface area contributed by atoms with E-state index in [0.29, 0.717) is 13.0 Å². The highest BCUT2D eigenvalue weighted by atomic mass is 32.2. The van der Waals surface area contributed by atoms with Gasteiger partial charge < -0.3 is 4.90 Å². The smallest absolute Gasteiger partial charge is 0.236 e. The molecule has 0 N–H and O–H groups in total. The van der Waals surface area contributed by atoms with E-state index in [2.05, 4.69) is 0 Å². The van der Waals surface area contributed by atoms with Crippen molar-refractivity contribution < 1.29 is 13.2 Å². The summed E-state index contributed by atoms with van der Waals surface area (Å²) in [6.07, 6.45) is 3.05. The molecular formula is C17H24N2O3S. The molecule has 0 bridgehead atoms. The molecule has 23 heavy (non-hydrogen) atoms. The van der Waals surface area contributed by atoms with Gasteiger partial charge in [0, 0.05) is 32.6 Å². The van der Waals surface area contributed by atoms with Gasteiger partial charge in [0.05, 0.1) is 5.92 Å². The number of piperidine rings is 1. The predicted octanol–water partition coefficient (Wildman–Crippen LogP) is 2.10. The van der Waals surface area contributed by atoms with Crippen LogP contribution >= 0.6 is 0 Å². The highest BCUT2D eigenvalue weighted by Gasteiger charge is 2.31. The quantitative estimate of drug-likeness (QED) is 0.846. The topological polar surface area (TPSA) is 57.7 Å². The Labute approximate surface area is 138 Å². The van der Waals surface area contributed by atoms with E-state index in [9.17, 15) is 13.2 Å². The number of carbonyl (C=O) groups excluding carboxylic acids is 1. The number of carbonyl (C=O) groups is 1. The Bertz CT molecular complexity index is 678. The Kier molecular flexibility index (Phi) is 5.59. The Morgan fingerprint density at radius 2 is 1.91 bits per heavy atom. The van der Waals surface area contributed by atoms with Gasteiger partial charge in [-0.25, -0.2) is 8.42 Å². The van der Waals surface area contributed by atoms with Crippen LogP contribution in [0.25, 0.3) is 6.08 Å². The lowest BCUT2D eigenvalue weighted by atomic mass is 9.98. The molecular weight excluding hydrogens is 312 g/mol. The molecule has 1 aliphatic heterocycles. The van der Waals surface area contributed by atoms with Gasteiger partial charge in [-0.2, -0.15) is 4.31 Å². The second kappa shape index (κ2) is 7.27. The van der Waals surface area contributed by atoms with E-state index < -0.39 is 10.0 Å². The Balaban J connectivity index is 2.09. The van der Waals surface area contributed by atoms with E-state index >= 15 is 0 Å². The second-order valence-electron chi connectivity index (χ2n) is 6.19. The maximum atomic E-state index is 12.5. The van der Waals surface area contributed by atoms with Gasteiger partial charge in [-0.15, -0.1) is 0 Å². The van der Waals surface area contributed by atoms with Crippen molar-refractivity contribution in [1.29, 1.82) is 0 Å². The molecule has 0 spiro atoms. The van der Waals surface area contributed by atoms with Crippen molar-refractivity contribution in [3.8, 4) is 0 Å². The fraction of sp³-hybridized carbons (Fsp3) is 0.471. The average molecular weight is 336 g/mol. The Morgan fingerprint density at radius 3 is 2.52 bits per heavy atom. The summed E-state index contributed by atoms with van der Waals surface area (Å²) < 4.78 is 26.4. The van der Waals surface area contributed by atoms with Crippen molar-refractivity contribution in [3.05, 3.63) is 40.8 Å². The standard InChI is InChI=1S/C17H24N2O3S/c1-14-6-8-15(9-7-14)10-12-23(21,22)19-11-4-5-16(13-19)17(20)18(2)3/h6-10,12,16H,4-5,11,13H2,1-3H3/b12-10+/t16-/m0/s1. The summed E-state index contributed by atoms with van der Waals surface area (Å²) in [4.78, 5) is 13.6. The monoisotopic (exact) mass is 336 g/mol. The molecule has 1 fully saturated rings. The average Bonchev–Trinajstić information content (AvgIpc) is 2.53. The number of nitrogens with zero attached hydrogens (tertiary/aromatic N) is 2. The predicted molar refractivity (Wildman–Crippen MR) is 92.1 cm³/mol. The molecule has 0 aromatic heterocycles. The summed E-state index contributed by atoms with van der Waals surface area (Å²) in [5.74, 6) is -0.256. The minimum absolute atomic E-state index is 0.00702.